The number of aryl methyl sites for hydroxylation is 1. The minimum Gasteiger partial charge on any atom is -0.493 e. The van der Waals surface area contributed by atoms with Gasteiger partial charge in [-0.15, -0.1) is 12.4 Å². The van der Waals surface area contributed by atoms with Crippen LogP contribution in [0.25, 0.3) is 6.08 Å². The van der Waals surface area contributed by atoms with Crippen LogP contribution in [0.1, 0.15) is 5.56 Å². The zero-order valence-electron chi connectivity index (χ0n) is 15.8. The third kappa shape index (κ3) is 4.74. The summed E-state index contributed by atoms with van der Waals surface area (Å²) in [6.07, 6.45) is 7.13. The third-order valence-electron chi connectivity index (χ3n) is 4.50. The van der Waals surface area contributed by atoms with Crippen LogP contribution in [0.2, 0.25) is 0 Å². The SMILES string of the molecule is COc1ccc(/C=C\C(=O)N2CCN(c3nccn3C)CC2)cc1OC.Cl. The van der Waals surface area contributed by atoms with Crippen molar-refractivity contribution in [2.45, 2.75) is 0 Å². The lowest BCUT2D eigenvalue weighted by atomic mass is 10.2. The van der Waals surface area contributed by atoms with Gasteiger partial charge in [-0.2, -0.15) is 0 Å². The lowest BCUT2D eigenvalue weighted by molar-refractivity contribution is -0.126. The molecule has 0 N–H and O–H groups in total. The Hall–Kier alpha value is -2.67. The highest BCUT2D eigenvalue weighted by Gasteiger charge is 2.21. The Morgan fingerprint density at radius 2 is 1.81 bits per heavy atom. The Labute approximate surface area is 165 Å². The largest absolute Gasteiger partial charge is 0.493 e. The van der Waals surface area contributed by atoms with Crippen molar-refractivity contribution in [3.63, 3.8) is 0 Å². The smallest absolute Gasteiger partial charge is 0.246 e. The van der Waals surface area contributed by atoms with Crippen molar-refractivity contribution >= 4 is 30.3 Å². The topological polar surface area (TPSA) is 59.8 Å². The third-order valence-corrected chi connectivity index (χ3v) is 4.50. The molecule has 0 saturated carbocycles. The fourth-order valence-electron chi connectivity index (χ4n) is 3.02. The first-order valence-electron chi connectivity index (χ1n) is 8.53. The van der Waals surface area contributed by atoms with E-state index in [-0.39, 0.29) is 18.3 Å². The number of hydrogen-bond donors (Lipinski definition) is 0. The van der Waals surface area contributed by atoms with Crippen LogP contribution >= 0.6 is 12.4 Å². The van der Waals surface area contributed by atoms with Gasteiger partial charge in [-0.1, -0.05) is 6.07 Å². The summed E-state index contributed by atoms with van der Waals surface area (Å²) in [5, 5.41) is 0. The van der Waals surface area contributed by atoms with Crippen molar-refractivity contribution in [3.8, 4) is 11.5 Å². The van der Waals surface area contributed by atoms with E-state index >= 15 is 0 Å². The molecular weight excluding hydrogens is 368 g/mol. The Kier molecular flexibility index (Phi) is 7.12. The number of methoxy groups -OCH3 is 2. The highest BCUT2D eigenvalue weighted by molar-refractivity contribution is 5.92. The molecule has 1 aliphatic rings. The van der Waals surface area contributed by atoms with Crippen LogP contribution in [-0.4, -0.2) is 60.8 Å². The summed E-state index contributed by atoms with van der Waals surface area (Å²) in [6.45, 7) is 2.92. The van der Waals surface area contributed by atoms with Gasteiger partial charge in [-0.25, -0.2) is 4.98 Å². The molecule has 1 amide bonds. The molecule has 0 radical (unpaired) electrons. The summed E-state index contributed by atoms with van der Waals surface area (Å²) in [5.41, 5.74) is 0.891. The molecule has 1 aromatic carbocycles. The summed E-state index contributed by atoms with van der Waals surface area (Å²) in [6, 6.07) is 5.57. The lowest BCUT2D eigenvalue weighted by Crippen LogP contribution is -2.49. The fraction of sp³-hybridized carbons (Fsp3) is 0.368. The minimum absolute atomic E-state index is 0. The Morgan fingerprint density at radius 3 is 2.41 bits per heavy atom. The first kappa shape index (κ1) is 20.6. The second-order valence-electron chi connectivity index (χ2n) is 6.10. The van der Waals surface area contributed by atoms with Crippen molar-refractivity contribution in [2.24, 2.45) is 7.05 Å². The molecular formula is C19H25ClN4O3. The van der Waals surface area contributed by atoms with Gasteiger partial charge < -0.3 is 23.8 Å². The number of halogens is 1. The summed E-state index contributed by atoms with van der Waals surface area (Å²) in [5.74, 6) is 2.27. The van der Waals surface area contributed by atoms with Crippen LogP contribution in [-0.2, 0) is 11.8 Å². The van der Waals surface area contributed by atoms with Gasteiger partial charge in [0.2, 0.25) is 11.9 Å². The van der Waals surface area contributed by atoms with E-state index in [0.717, 1.165) is 24.6 Å². The molecule has 1 fully saturated rings. The van der Waals surface area contributed by atoms with E-state index in [1.165, 1.54) is 0 Å². The summed E-state index contributed by atoms with van der Waals surface area (Å²) in [4.78, 5) is 20.9. The molecule has 0 atom stereocenters. The Balaban J connectivity index is 0.00000261. The number of aromatic nitrogens is 2. The molecule has 3 rings (SSSR count). The maximum absolute atomic E-state index is 12.5. The van der Waals surface area contributed by atoms with Crippen LogP contribution in [0.5, 0.6) is 11.5 Å². The molecule has 146 valence electrons. The normalized spacial score (nSPS) is 14.2. The van der Waals surface area contributed by atoms with E-state index in [1.807, 2.05) is 40.9 Å². The molecule has 0 aliphatic carbocycles. The van der Waals surface area contributed by atoms with Crippen LogP contribution in [0.3, 0.4) is 0 Å². The zero-order chi connectivity index (χ0) is 18.5. The van der Waals surface area contributed by atoms with Crippen molar-refractivity contribution in [1.82, 2.24) is 14.5 Å². The molecule has 0 unspecified atom stereocenters. The number of rotatable bonds is 5. The molecule has 0 spiro atoms. The number of ether oxygens (including phenoxy) is 2. The fourth-order valence-corrected chi connectivity index (χ4v) is 3.02. The number of amides is 1. The molecule has 1 aromatic heterocycles. The van der Waals surface area contributed by atoms with E-state index in [0.29, 0.717) is 24.6 Å². The van der Waals surface area contributed by atoms with Gasteiger partial charge in [0.25, 0.3) is 0 Å². The summed E-state index contributed by atoms with van der Waals surface area (Å²) in [7, 11) is 5.17. The van der Waals surface area contributed by atoms with E-state index in [9.17, 15) is 4.79 Å². The second kappa shape index (κ2) is 9.32. The predicted molar refractivity (Wildman–Crippen MR) is 108 cm³/mol. The monoisotopic (exact) mass is 392 g/mol. The van der Waals surface area contributed by atoms with Gasteiger partial charge in [0.15, 0.2) is 11.5 Å². The van der Waals surface area contributed by atoms with Gasteiger partial charge in [0.1, 0.15) is 0 Å². The van der Waals surface area contributed by atoms with Crippen molar-refractivity contribution in [3.05, 3.63) is 42.2 Å². The van der Waals surface area contributed by atoms with Gasteiger partial charge in [-0.05, 0) is 23.8 Å². The number of hydrogen-bond acceptors (Lipinski definition) is 5. The maximum Gasteiger partial charge on any atom is 0.246 e. The quantitative estimate of drug-likeness (QED) is 0.730. The first-order chi connectivity index (χ1) is 12.6. The highest BCUT2D eigenvalue weighted by Crippen LogP contribution is 2.28. The summed E-state index contributed by atoms with van der Waals surface area (Å²) >= 11 is 0. The number of imidazole rings is 1. The number of benzene rings is 1. The predicted octanol–water partition coefficient (Wildman–Crippen LogP) is 2.22. The number of piperazine rings is 1. The Bertz CT molecular complexity index is 798. The molecule has 0 bridgehead atoms. The van der Waals surface area contributed by atoms with Crippen LogP contribution < -0.4 is 14.4 Å². The average molecular weight is 393 g/mol. The van der Waals surface area contributed by atoms with Crippen molar-refractivity contribution in [2.75, 3.05) is 45.3 Å². The van der Waals surface area contributed by atoms with Crippen LogP contribution in [0.15, 0.2) is 36.7 Å². The molecule has 1 aliphatic heterocycles. The zero-order valence-corrected chi connectivity index (χ0v) is 16.6. The Morgan fingerprint density at radius 1 is 1.11 bits per heavy atom. The number of nitrogens with zero attached hydrogens (tertiary/aromatic N) is 4. The van der Waals surface area contributed by atoms with Crippen molar-refractivity contribution in [1.29, 1.82) is 0 Å². The average Bonchev–Trinajstić information content (AvgIpc) is 3.11. The molecule has 1 saturated heterocycles. The molecule has 2 heterocycles. The van der Waals surface area contributed by atoms with E-state index in [4.69, 9.17) is 9.47 Å². The molecule has 8 heteroatoms. The minimum atomic E-state index is 0. The molecule has 7 nitrogen and oxygen atoms in total. The van der Waals surface area contributed by atoms with Gasteiger partial charge in [0.05, 0.1) is 14.2 Å². The van der Waals surface area contributed by atoms with E-state index in [1.54, 1.807) is 32.6 Å². The van der Waals surface area contributed by atoms with Gasteiger partial charge in [-0.3, -0.25) is 4.79 Å². The second-order valence-corrected chi connectivity index (χ2v) is 6.10. The highest BCUT2D eigenvalue weighted by atomic mass is 35.5. The summed E-state index contributed by atoms with van der Waals surface area (Å²) < 4.78 is 12.5. The van der Waals surface area contributed by atoms with E-state index < -0.39 is 0 Å². The van der Waals surface area contributed by atoms with Gasteiger partial charge >= 0.3 is 0 Å². The van der Waals surface area contributed by atoms with Crippen molar-refractivity contribution < 1.29 is 14.3 Å². The first-order valence-corrected chi connectivity index (χ1v) is 8.53. The maximum atomic E-state index is 12.5. The van der Waals surface area contributed by atoms with Gasteiger partial charge in [0, 0.05) is 51.7 Å². The number of carbonyl (C=O) groups is 1. The molecule has 2 aromatic rings. The lowest BCUT2D eigenvalue weighted by Gasteiger charge is -2.34. The number of anilines is 1. The number of carbonyl (C=O) groups excluding carboxylic acids is 1. The standard InChI is InChI=1S/C19H24N4O3.ClH/c1-21-9-8-20-19(21)23-12-10-22(11-13-23)18(24)7-5-15-4-6-16(25-2)17(14-15)26-3;/h4-9,14H,10-13H2,1-3H3;1H/b7-5-;. The molecule has 27 heavy (non-hydrogen) atoms. The van der Waals surface area contributed by atoms with Crippen LogP contribution in [0, 0.1) is 0 Å². The van der Waals surface area contributed by atoms with E-state index in [2.05, 4.69) is 9.88 Å². The van der Waals surface area contributed by atoms with Crippen LogP contribution in [0.4, 0.5) is 5.95 Å².